The summed E-state index contributed by atoms with van der Waals surface area (Å²) in [5.41, 5.74) is 5.85. The first-order valence-electron chi connectivity index (χ1n) is 10.0. The number of fused-ring (bicyclic) bond motifs is 3. The molecule has 0 unspecified atom stereocenters. The third-order valence-electron chi connectivity index (χ3n) is 5.31. The van der Waals surface area contributed by atoms with Gasteiger partial charge in [0.2, 0.25) is 0 Å². The van der Waals surface area contributed by atoms with Crippen LogP contribution in [0.3, 0.4) is 0 Å². The Kier molecular flexibility index (Phi) is 4.87. The summed E-state index contributed by atoms with van der Waals surface area (Å²) in [5, 5.41) is 9.49. The van der Waals surface area contributed by atoms with Crippen LogP contribution in [-0.4, -0.2) is 35.3 Å². The molecule has 0 aliphatic heterocycles. The van der Waals surface area contributed by atoms with Gasteiger partial charge in [-0.15, -0.1) is 5.10 Å². The quantitative estimate of drug-likeness (QED) is 0.314. The molecule has 8 nitrogen and oxygen atoms in total. The summed E-state index contributed by atoms with van der Waals surface area (Å²) in [6.07, 6.45) is 5.16. The van der Waals surface area contributed by atoms with E-state index in [4.69, 9.17) is 9.82 Å². The molecule has 0 radical (unpaired) electrons. The van der Waals surface area contributed by atoms with Crippen molar-refractivity contribution in [1.29, 1.82) is 0 Å². The number of nitrogens with zero attached hydrogens (tertiary/aromatic N) is 7. The number of benzene rings is 1. The van der Waals surface area contributed by atoms with E-state index < -0.39 is 0 Å². The normalized spacial score (nSPS) is 11.7. The van der Waals surface area contributed by atoms with Crippen molar-refractivity contribution in [2.75, 3.05) is 0 Å². The molecule has 0 saturated carbocycles. The van der Waals surface area contributed by atoms with E-state index in [0.717, 1.165) is 39.2 Å². The van der Waals surface area contributed by atoms with E-state index in [1.54, 1.807) is 23.3 Å². The van der Waals surface area contributed by atoms with E-state index in [1.165, 1.54) is 0 Å². The number of hydrogen-bond acceptors (Lipinski definition) is 6. The van der Waals surface area contributed by atoms with Gasteiger partial charge in [0, 0.05) is 11.9 Å². The van der Waals surface area contributed by atoms with Gasteiger partial charge in [-0.1, -0.05) is 41.6 Å². The average Bonchev–Trinajstić information content (AvgIpc) is 3.32. The van der Waals surface area contributed by atoms with Crippen molar-refractivity contribution in [2.45, 2.75) is 27.0 Å². The molecule has 5 aromatic rings. The first-order chi connectivity index (χ1) is 15.2. The van der Waals surface area contributed by atoms with Crippen LogP contribution in [0.1, 0.15) is 28.3 Å². The van der Waals surface area contributed by atoms with E-state index in [2.05, 4.69) is 38.6 Å². The molecular weight excluding hydrogens is 390 g/mol. The van der Waals surface area contributed by atoms with Gasteiger partial charge in [0.1, 0.15) is 12.0 Å². The average molecular weight is 411 g/mol. The number of hydrogen-bond donors (Lipinski definition) is 0. The molecule has 31 heavy (non-hydrogen) atoms. The summed E-state index contributed by atoms with van der Waals surface area (Å²) < 4.78 is 3.86. The van der Waals surface area contributed by atoms with Crippen LogP contribution in [-0.2, 0) is 18.0 Å². The van der Waals surface area contributed by atoms with Crippen molar-refractivity contribution in [3.63, 3.8) is 0 Å². The van der Waals surface area contributed by atoms with Crippen LogP contribution < -0.4 is 0 Å². The predicted molar refractivity (Wildman–Crippen MR) is 118 cm³/mol. The first-order valence-corrected chi connectivity index (χ1v) is 10.0. The molecule has 0 aliphatic rings. The van der Waals surface area contributed by atoms with Gasteiger partial charge in [-0.25, -0.2) is 14.5 Å². The summed E-state index contributed by atoms with van der Waals surface area (Å²) in [7, 11) is 0. The standard InChI is InChI=1S/C23H21N7O/c1-16-17(2)29(13-19-10-6-7-11-24-19)22-21(16)23-27-20(28-30(23)15-25-22)14-31-26-12-18-8-4-3-5-9-18/h3-12,15H,13-14H2,1-2H3. The minimum atomic E-state index is 0.180. The molecule has 0 saturated heterocycles. The molecule has 0 N–H and O–H groups in total. The fraction of sp³-hybridized carbons (Fsp3) is 0.174. The SMILES string of the molecule is Cc1c(C)n(Cc2ccccn2)c2ncn3nc(CON=Cc4ccccc4)nc3c12. The zero-order valence-electron chi connectivity index (χ0n) is 17.3. The highest BCUT2D eigenvalue weighted by atomic mass is 16.6. The maximum Gasteiger partial charge on any atom is 0.192 e. The van der Waals surface area contributed by atoms with Crippen LogP contribution in [0.2, 0.25) is 0 Å². The van der Waals surface area contributed by atoms with Gasteiger partial charge >= 0.3 is 0 Å². The second-order valence-corrected chi connectivity index (χ2v) is 7.28. The van der Waals surface area contributed by atoms with Crippen molar-refractivity contribution in [3.8, 4) is 0 Å². The lowest BCUT2D eigenvalue weighted by molar-refractivity contribution is 0.126. The summed E-state index contributed by atoms with van der Waals surface area (Å²) >= 11 is 0. The summed E-state index contributed by atoms with van der Waals surface area (Å²) in [5.74, 6) is 0.550. The number of aryl methyl sites for hydroxylation is 1. The maximum absolute atomic E-state index is 5.40. The lowest BCUT2D eigenvalue weighted by Crippen LogP contribution is -2.04. The Morgan fingerprint density at radius 1 is 1.00 bits per heavy atom. The molecule has 4 aromatic heterocycles. The largest absolute Gasteiger partial charge is 0.387 e. The van der Waals surface area contributed by atoms with Gasteiger partial charge in [-0.05, 0) is 37.1 Å². The van der Waals surface area contributed by atoms with Crippen LogP contribution in [0.25, 0.3) is 16.7 Å². The van der Waals surface area contributed by atoms with Crippen molar-refractivity contribution >= 4 is 22.9 Å². The molecule has 0 amide bonds. The summed E-state index contributed by atoms with van der Waals surface area (Å²) in [6.45, 7) is 5.01. The monoisotopic (exact) mass is 411 g/mol. The fourth-order valence-corrected chi connectivity index (χ4v) is 3.62. The Labute approximate surface area is 178 Å². The molecule has 154 valence electrons. The van der Waals surface area contributed by atoms with Gasteiger partial charge in [-0.3, -0.25) is 4.98 Å². The maximum atomic E-state index is 5.40. The van der Waals surface area contributed by atoms with Crippen LogP contribution in [0.4, 0.5) is 0 Å². The van der Waals surface area contributed by atoms with Gasteiger partial charge in [0.05, 0.1) is 23.8 Å². The smallest absolute Gasteiger partial charge is 0.192 e. The van der Waals surface area contributed by atoms with Gasteiger partial charge in [0.15, 0.2) is 18.1 Å². The third-order valence-corrected chi connectivity index (χ3v) is 5.31. The van der Waals surface area contributed by atoms with Gasteiger partial charge < -0.3 is 9.40 Å². The Bertz CT molecular complexity index is 1370. The minimum absolute atomic E-state index is 0.180. The molecule has 8 heteroatoms. The molecule has 0 atom stereocenters. The molecule has 0 bridgehead atoms. The van der Waals surface area contributed by atoms with Crippen molar-refractivity contribution in [2.24, 2.45) is 5.16 Å². The predicted octanol–water partition coefficient (Wildman–Crippen LogP) is 3.69. The molecule has 5 rings (SSSR count). The zero-order chi connectivity index (χ0) is 21.2. The zero-order valence-corrected chi connectivity index (χ0v) is 17.3. The van der Waals surface area contributed by atoms with E-state index in [1.807, 2.05) is 48.5 Å². The minimum Gasteiger partial charge on any atom is -0.387 e. The Hall–Kier alpha value is -4.07. The molecule has 1 aromatic carbocycles. The van der Waals surface area contributed by atoms with E-state index >= 15 is 0 Å². The number of aromatic nitrogens is 6. The molecule has 0 spiro atoms. The fourth-order valence-electron chi connectivity index (χ4n) is 3.62. The molecule has 0 aliphatic carbocycles. The van der Waals surface area contributed by atoms with E-state index in [9.17, 15) is 0 Å². The van der Waals surface area contributed by atoms with Crippen LogP contribution >= 0.6 is 0 Å². The number of pyridine rings is 1. The van der Waals surface area contributed by atoms with Crippen LogP contribution in [0.5, 0.6) is 0 Å². The lowest BCUT2D eigenvalue weighted by atomic mass is 10.2. The number of oxime groups is 1. The van der Waals surface area contributed by atoms with E-state index in [0.29, 0.717) is 12.4 Å². The van der Waals surface area contributed by atoms with Crippen LogP contribution in [0, 0.1) is 13.8 Å². The van der Waals surface area contributed by atoms with Crippen molar-refractivity contribution < 1.29 is 4.84 Å². The Morgan fingerprint density at radius 3 is 2.65 bits per heavy atom. The van der Waals surface area contributed by atoms with Gasteiger partial charge in [0.25, 0.3) is 0 Å². The van der Waals surface area contributed by atoms with Crippen molar-refractivity contribution in [1.82, 2.24) is 29.1 Å². The Balaban J connectivity index is 1.44. The number of rotatable bonds is 6. The molecular formula is C23H21N7O. The summed E-state index contributed by atoms with van der Waals surface area (Å²) in [6, 6.07) is 15.7. The highest BCUT2D eigenvalue weighted by Crippen LogP contribution is 2.27. The first kappa shape index (κ1) is 18.9. The second-order valence-electron chi connectivity index (χ2n) is 7.28. The third kappa shape index (κ3) is 3.63. The van der Waals surface area contributed by atoms with Crippen molar-refractivity contribution in [3.05, 3.63) is 89.4 Å². The molecule has 0 fully saturated rings. The molecule has 4 heterocycles. The highest BCUT2D eigenvalue weighted by Gasteiger charge is 2.18. The van der Waals surface area contributed by atoms with Gasteiger partial charge in [-0.2, -0.15) is 0 Å². The van der Waals surface area contributed by atoms with E-state index in [-0.39, 0.29) is 6.61 Å². The second kappa shape index (κ2) is 7.98. The summed E-state index contributed by atoms with van der Waals surface area (Å²) in [4.78, 5) is 19.2. The topological polar surface area (TPSA) is 82.5 Å². The Morgan fingerprint density at radius 2 is 1.84 bits per heavy atom. The highest BCUT2D eigenvalue weighted by molar-refractivity contribution is 5.93. The lowest BCUT2D eigenvalue weighted by Gasteiger charge is -2.07. The van der Waals surface area contributed by atoms with Crippen LogP contribution in [0.15, 0.2) is 66.2 Å².